The van der Waals surface area contributed by atoms with Gasteiger partial charge in [-0.1, -0.05) is 0 Å². The molecule has 1 aliphatic heterocycles. The van der Waals surface area contributed by atoms with Crippen molar-refractivity contribution in [3.8, 4) is 0 Å². The molecule has 0 aromatic rings. The van der Waals surface area contributed by atoms with Gasteiger partial charge in [-0.05, 0) is 6.92 Å². The van der Waals surface area contributed by atoms with Gasteiger partial charge in [0.25, 0.3) is 0 Å². The van der Waals surface area contributed by atoms with E-state index >= 15 is 0 Å². The summed E-state index contributed by atoms with van der Waals surface area (Å²) in [6.45, 7) is 9.05. The molecule has 96 valence electrons. The van der Waals surface area contributed by atoms with Gasteiger partial charge < -0.3 is 19.9 Å². The molecule has 0 saturated carbocycles. The van der Waals surface area contributed by atoms with E-state index in [0.717, 1.165) is 39.4 Å². The van der Waals surface area contributed by atoms with Gasteiger partial charge in [-0.25, -0.2) is 0 Å². The van der Waals surface area contributed by atoms with Gasteiger partial charge in [-0.3, -0.25) is 4.90 Å². The van der Waals surface area contributed by atoms with Gasteiger partial charge in [0, 0.05) is 32.2 Å². The molecule has 1 atom stereocenters. The van der Waals surface area contributed by atoms with Crippen molar-refractivity contribution in [2.75, 3.05) is 59.2 Å². The summed E-state index contributed by atoms with van der Waals surface area (Å²) in [5.74, 6) is 0. The van der Waals surface area contributed by atoms with Crippen molar-refractivity contribution in [1.82, 2.24) is 10.2 Å². The third-order valence-electron chi connectivity index (χ3n) is 2.61. The van der Waals surface area contributed by atoms with Crippen LogP contribution in [0.5, 0.6) is 0 Å². The van der Waals surface area contributed by atoms with Crippen LogP contribution in [0.3, 0.4) is 0 Å². The first-order chi connectivity index (χ1) is 7.83. The topological polar surface area (TPSA) is 54.0 Å². The fraction of sp³-hybridized carbons (Fsp3) is 1.00. The third-order valence-corrected chi connectivity index (χ3v) is 2.61. The summed E-state index contributed by atoms with van der Waals surface area (Å²) in [4.78, 5) is 2.41. The molecule has 1 unspecified atom stereocenters. The second kappa shape index (κ2) is 8.90. The van der Waals surface area contributed by atoms with Crippen LogP contribution >= 0.6 is 0 Å². The van der Waals surface area contributed by atoms with Crippen LogP contribution in [-0.4, -0.2) is 75.3 Å². The first kappa shape index (κ1) is 13.9. The number of aliphatic hydroxyl groups is 1. The normalized spacial score (nSPS) is 19.9. The summed E-state index contributed by atoms with van der Waals surface area (Å²) in [6.07, 6.45) is 0. The predicted molar refractivity (Wildman–Crippen MR) is 62.6 cm³/mol. The Morgan fingerprint density at radius 3 is 2.81 bits per heavy atom. The SMILES string of the molecule is CC(CN1CCOCC1)NCCOCCO. The maximum absolute atomic E-state index is 8.53. The average molecular weight is 232 g/mol. The monoisotopic (exact) mass is 232 g/mol. The van der Waals surface area contributed by atoms with Crippen LogP contribution in [0.4, 0.5) is 0 Å². The zero-order valence-electron chi connectivity index (χ0n) is 10.2. The van der Waals surface area contributed by atoms with Gasteiger partial charge in [0.15, 0.2) is 0 Å². The molecule has 5 heteroatoms. The fourth-order valence-corrected chi connectivity index (χ4v) is 1.78. The van der Waals surface area contributed by atoms with Crippen LogP contribution in [0.1, 0.15) is 6.92 Å². The van der Waals surface area contributed by atoms with Crippen molar-refractivity contribution in [2.45, 2.75) is 13.0 Å². The van der Waals surface area contributed by atoms with Crippen LogP contribution in [0.25, 0.3) is 0 Å². The Bertz CT molecular complexity index is 163. The highest BCUT2D eigenvalue weighted by molar-refractivity contribution is 4.69. The smallest absolute Gasteiger partial charge is 0.0698 e. The zero-order valence-corrected chi connectivity index (χ0v) is 10.2. The van der Waals surface area contributed by atoms with Crippen LogP contribution < -0.4 is 5.32 Å². The molecule has 5 nitrogen and oxygen atoms in total. The van der Waals surface area contributed by atoms with Crippen molar-refractivity contribution >= 4 is 0 Å². The minimum atomic E-state index is 0.101. The van der Waals surface area contributed by atoms with E-state index in [4.69, 9.17) is 14.6 Å². The number of rotatable bonds is 8. The summed E-state index contributed by atoms with van der Waals surface area (Å²) in [7, 11) is 0. The molecule has 0 amide bonds. The quantitative estimate of drug-likeness (QED) is 0.542. The van der Waals surface area contributed by atoms with Crippen molar-refractivity contribution in [2.24, 2.45) is 0 Å². The molecule has 16 heavy (non-hydrogen) atoms. The van der Waals surface area contributed by atoms with E-state index in [2.05, 4.69) is 17.1 Å². The second-order valence-corrected chi connectivity index (χ2v) is 4.10. The Morgan fingerprint density at radius 1 is 1.38 bits per heavy atom. The van der Waals surface area contributed by atoms with E-state index in [1.54, 1.807) is 0 Å². The average Bonchev–Trinajstić information content (AvgIpc) is 2.30. The summed E-state index contributed by atoms with van der Waals surface area (Å²) in [6, 6.07) is 0.468. The molecule has 1 heterocycles. The number of nitrogens with one attached hydrogen (secondary N) is 1. The highest BCUT2D eigenvalue weighted by atomic mass is 16.5. The van der Waals surface area contributed by atoms with Crippen LogP contribution in [0, 0.1) is 0 Å². The third kappa shape index (κ3) is 6.40. The maximum Gasteiger partial charge on any atom is 0.0698 e. The molecule has 2 N–H and O–H groups in total. The Kier molecular flexibility index (Phi) is 7.71. The van der Waals surface area contributed by atoms with E-state index in [0.29, 0.717) is 19.3 Å². The first-order valence-electron chi connectivity index (χ1n) is 6.05. The molecule has 1 rings (SSSR count). The molecule has 0 aliphatic carbocycles. The summed E-state index contributed by atoms with van der Waals surface area (Å²) in [5.41, 5.74) is 0. The van der Waals surface area contributed by atoms with Crippen molar-refractivity contribution < 1.29 is 14.6 Å². The number of ether oxygens (including phenoxy) is 2. The van der Waals surface area contributed by atoms with Crippen molar-refractivity contribution in [1.29, 1.82) is 0 Å². The molecule has 0 aromatic heterocycles. The number of hydrogen-bond acceptors (Lipinski definition) is 5. The number of nitrogens with zero attached hydrogens (tertiary/aromatic N) is 1. The van der Waals surface area contributed by atoms with Gasteiger partial charge in [0.2, 0.25) is 0 Å². The minimum absolute atomic E-state index is 0.101. The van der Waals surface area contributed by atoms with Crippen LogP contribution in [0.15, 0.2) is 0 Å². The van der Waals surface area contributed by atoms with Gasteiger partial charge in [-0.15, -0.1) is 0 Å². The van der Waals surface area contributed by atoms with Crippen LogP contribution in [0.2, 0.25) is 0 Å². The molecule has 0 spiro atoms. The summed E-state index contributed by atoms with van der Waals surface area (Å²) >= 11 is 0. The van der Waals surface area contributed by atoms with E-state index in [1.165, 1.54) is 0 Å². The number of morpholine rings is 1. The molecule has 1 aliphatic rings. The van der Waals surface area contributed by atoms with Gasteiger partial charge in [-0.2, -0.15) is 0 Å². The highest BCUT2D eigenvalue weighted by Gasteiger charge is 2.12. The standard InChI is InChI=1S/C11H24N2O3/c1-11(12-2-6-15-9-5-14)10-13-3-7-16-8-4-13/h11-12,14H,2-10H2,1H3. The number of hydrogen-bond donors (Lipinski definition) is 2. The lowest BCUT2D eigenvalue weighted by atomic mass is 10.3. The van der Waals surface area contributed by atoms with Gasteiger partial charge in [0.1, 0.15) is 0 Å². The molecule has 0 bridgehead atoms. The molecule has 0 aromatic carbocycles. The van der Waals surface area contributed by atoms with E-state index in [1.807, 2.05) is 0 Å². The molecule has 0 radical (unpaired) electrons. The van der Waals surface area contributed by atoms with Gasteiger partial charge in [0.05, 0.1) is 33.0 Å². The Morgan fingerprint density at radius 2 is 2.12 bits per heavy atom. The minimum Gasteiger partial charge on any atom is -0.394 e. The summed E-state index contributed by atoms with van der Waals surface area (Å²) < 4.78 is 10.5. The lowest BCUT2D eigenvalue weighted by Gasteiger charge is -2.29. The van der Waals surface area contributed by atoms with Gasteiger partial charge >= 0.3 is 0 Å². The Hall–Kier alpha value is -0.200. The lowest BCUT2D eigenvalue weighted by molar-refractivity contribution is 0.0336. The predicted octanol–water partition coefficient (Wildman–Crippen LogP) is -0.694. The van der Waals surface area contributed by atoms with E-state index in [9.17, 15) is 0 Å². The lowest BCUT2D eigenvalue weighted by Crippen LogP contribution is -2.45. The first-order valence-corrected chi connectivity index (χ1v) is 6.05. The Balaban J connectivity index is 1.95. The number of aliphatic hydroxyl groups excluding tert-OH is 1. The zero-order chi connectivity index (χ0) is 11.6. The maximum atomic E-state index is 8.53. The Labute approximate surface area is 97.7 Å². The second-order valence-electron chi connectivity index (χ2n) is 4.10. The van der Waals surface area contributed by atoms with E-state index in [-0.39, 0.29) is 6.61 Å². The molecular weight excluding hydrogens is 208 g/mol. The largest absolute Gasteiger partial charge is 0.394 e. The van der Waals surface area contributed by atoms with E-state index < -0.39 is 0 Å². The van der Waals surface area contributed by atoms with Crippen LogP contribution in [-0.2, 0) is 9.47 Å². The molecular formula is C11H24N2O3. The molecule has 1 saturated heterocycles. The highest BCUT2D eigenvalue weighted by Crippen LogP contribution is 1.97. The summed E-state index contributed by atoms with van der Waals surface area (Å²) in [5, 5.41) is 11.9. The fourth-order valence-electron chi connectivity index (χ4n) is 1.78. The van der Waals surface area contributed by atoms with Crippen molar-refractivity contribution in [3.05, 3.63) is 0 Å². The van der Waals surface area contributed by atoms with Crippen molar-refractivity contribution in [3.63, 3.8) is 0 Å². The molecule has 1 fully saturated rings.